The van der Waals surface area contributed by atoms with Gasteiger partial charge in [-0.05, 0) is 42.2 Å². The molecule has 2 aliphatic rings. The molecular formula is C26H26ClF3N2O3. The van der Waals surface area contributed by atoms with E-state index in [-0.39, 0.29) is 35.9 Å². The first-order valence-corrected chi connectivity index (χ1v) is 12.0. The second kappa shape index (κ2) is 10.4. The maximum Gasteiger partial charge on any atom is 0.416 e. The molecule has 2 saturated heterocycles. The van der Waals surface area contributed by atoms with E-state index in [1.54, 1.807) is 34.1 Å². The minimum atomic E-state index is -4.43. The number of ketones is 2. The van der Waals surface area contributed by atoms with Gasteiger partial charge in [0.25, 0.3) is 0 Å². The van der Waals surface area contributed by atoms with Crippen molar-refractivity contribution in [2.75, 3.05) is 26.2 Å². The fraction of sp³-hybridized carbons (Fsp3) is 0.423. The van der Waals surface area contributed by atoms with Crippen molar-refractivity contribution >= 4 is 29.2 Å². The van der Waals surface area contributed by atoms with Gasteiger partial charge in [0.2, 0.25) is 0 Å². The van der Waals surface area contributed by atoms with Crippen LogP contribution in [0.2, 0.25) is 5.02 Å². The van der Waals surface area contributed by atoms with E-state index in [2.05, 4.69) is 0 Å². The number of halogens is 4. The molecule has 2 aliphatic heterocycles. The predicted octanol–water partition coefficient (Wildman–Crippen LogP) is 5.82. The second-order valence-electron chi connectivity index (χ2n) is 9.27. The first kappa shape index (κ1) is 25.2. The third-order valence-corrected chi connectivity index (χ3v) is 6.96. The van der Waals surface area contributed by atoms with Crippen LogP contribution < -0.4 is 0 Å². The van der Waals surface area contributed by atoms with Crippen LogP contribution in [-0.2, 0) is 11.0 Å². The lowest BCUT2D eigenvalue weighted by molar-refractivity contribution is -0.137. The highest BCUT2D eigenvalue weighted by atomic mass is 35.5. The number of likely N-dealkylation sites (tertiary alicyclic amines) is 2. The predicted molar refractivity (Wildman–Crippen MR) is 125 cm³/mol. The molecule has 2 atom stereocenters. The summed E-state index contributed by atoms with van der Waals surface area (Å²) in [6.07, 6.45) is -3.03. The summed E-state index contributed by atoms with van der Waals surface area (Å²) in [6.45, 7) is 1.42. The molecule has 2 amide bonds. The van der Waals surface area contributed by atoms with Crippen LogP contribution >= 0.6 is 11.6 Å². The first-order chi connectivity index (χ1) is 16.6. The molecule has 0 radical (unpaired) electrons. The first-order valence-electron chi connectivity index (χ1n) is 11.6. The standard InChI is InChI=1S/C26H26ClF3N2O3/c27-22-3-1-2-19(14-22)24(34)13-17-12-20(18-4-6-21(7-5-18)26(28,29)30)16-32(15-17)25(35)31-10-8-23(33)9-11-31/h1-7,14,17,20H,8-13,15-16H2. The van der Waals surface area contributed by atoms with Gasteiger partial charge in [-0.25, -0.2) is 4.79 Å². The lowest BCUT2D eigenvalue weighted by atomic mass is 9.81. The van der Waals surface area contributed by atoms with E-state index in [0.717, 1.165) is 12.1 Å². The van der Waals surface area contributed by atoms with Crippen LogP contribution in [0.3, 0.4) is 0 Å². The number of urea groups is 1. The number of hydrogen-bond acceptors (Lipinski definition) is 3. The summed E-state index contributed by atoms with van der Waals surface area (Å²) in [4.78, 5) is 41.1. The fourth-order valence-corrected chi connectivity index (χ4v) is 5.07. The third kappa shape index (κ3) is 6.23. The van der Waals surface area contributed by atoms with Gasteiger partial charge in [-0.15, -0.1) is 0 Å². The Labute approximate surface area is 206 Å². The molecule has 0 aromatic heterocycles. The zero-order valence-electron chi connectivity index (χ0n) is 19.1. The van der Waals surface area contributed by atoms with Crippen molar-refractivity contribution in [2.45, 2.75) is 37.8 Å². The smallest absolute Gasteiger partial charge is 0.324 e. The van der Waals surface area contributed by atoms with Crippen molar-refractivity contribution in [1.29, 1.82) is 0 Å². The molecule has 5 nitrogen and oxygen atoms in total. The summed E-state index contributed by atoms with van der Waals surface area (Å²) < 4.78 is 39.1. The number of hydrogen-bond donors (Lipinski definition) is 0. The summed E-state index contributed by atoms with van der Waals surface area (Å²) in [5.74, 6) is -0.349. The number of amides is 2. The zero-order chi connectivity index (χ0) is 25.2. The van der Waals surface area contributed by atoms with Crippen LogP contribution in [0.15, 0.2) is 48.5 Å². The summed E-state index contributed by atoms with van der Waals surface area (Å²) in [7, 11) is 0. The van der Waals surface area contributed by atoms with E-state index in [4.69, 9.17) is 11.6 Å². The van der Waals surface area contributed by atoms with Crippen LogP contribution in [0.25, 0.3) is 0 Å². The summed E-state index contributed by atoms with van der Waals surface area (Å²) in [6, 6.07) is 11.5. The number of rotatable bonds is 4. The molecule has 0 spiro atoms. The van der Waals surface area contributed by atoms with Crippen LogP contribution in [0.5, 0.6) is 0 Å². The molecule has 0 bridgehead atoms. The Morgan fingerprint density at radius 1 is 0.971 bits per heavy atom. The van der Waals surface area contributed by atoms with Crippen molar-refractivity contribution in [3.05, 3.63) is 70.2 Å². The molecule has 2 aromatic carbocycles. The van der Waals surface area contributed by atoms with Crippen molar-refractivity contribution in [1.82, 2.24) is 9.80 Å². The van der Waals surface area contributed by atoms with E-state index in [1.165, 1.54) is 12.1 Å². The number of benzene rings is 2. The quantitative estimate of drug-likeness (QED) is 0.491. The minimum absolute atomic E-state index is 0.0958. The van der Waals surface area contributed by atoms with Gasteiger partial charge in [0.1, 0.15) is 5.78 Å². The third-order valence-electron chi connectivity index (χ3n) is 6.73. The normalized spacial score (nSPS) is 21.2. The molecule has 2 unspecified atom stereocenters. The van der Waals surface area contributed by atoms with E-state index >= 15 is 0 Å². The number of carbonyl (C=O) groups excluding carboxylic acids is 3. The van der Waals surface area contributed by atoms with Crippen LogP contribution in [0, 0.1) is 5.92 Å². The second-order valence-corrected chi connectivity index (χ2v) is 9.71. The number of nitrogens with zero attached hydrogens (tertiary/aromatic N) is 2. The number of carbonyl (C=O) groups is 3. The van der Waals surface area contributed by atoms with E-state index in [9.17, 15) is 27.6 Å². The zero-order valence-corrected chi connectivity index (χ0v) is 19.8. The van der Waals surface area contributed by atoms with Gasteiger partial charge in [0.05, 0.1) is 5.56 Å². The highest BCUT2D eigenvalue weighted by molar-refractivity contribution is 6.31. The fourth-order valence-electron chi connectivity index (χ4n) is 4.88. The monoisotopic (exact) mass is 506 g/mol. The molecule has 0 saturated carbocycles. The topological polar surface area (TPSA) is 57.7 Å². The Morgan fingerprint density at radius 3 is 2.29 bits per heavy atom. The van der Waals surface area contributed by atoms with Gasteiger partial charge in [-0.1, -0.05) is 35.9 Å². The van der Waals surface area contributed by atoms with Gasteiger partial charge >= 0.3 is 12.2 Å². The average Bonchev–Trinajstić information content (AvgIpc) is 2.83. The number of piperidine rings is 2. The van der Waals surface area contributed by atoms with Crippen molar-refractivity contribution in [3.63, 3.8) is 0 Å². The summed E-state index contributed by atoms with van der Waals surface area (Å²) >= 11 is 6.03. The Balaban J connectivity index is 1.54. The maximum atomic E-state index is 13.3. The SMILES string of the molecule is O=C1CCN(C(=O)N2CC(CC(=O)c3cccc(Cl)c3)CC(c3ccc(C(F)(F)F)cc3)C2)CC1. The van der Waals surface area contributed by atoms with Gasteiger partial charge in [-0.3, -0.25) is 9.59 Å². The van der Waals surface area contributed by atoms with Gasteiger partial charge < -0.3 is 9.80 Å². The molecule has 2 heterocycles. The molecule has 0 N–H and O–H groups in total. The summed E-state index contributed by atoms with van der Waals surface area (Å²) in [5.41, 5.74) is 0.460. The number of Topliss-reactive ketones (excluding diaryl/α,β-unsaturated/α-hetero) is 2. The van der Waals surface area contributed by atoms with Crippen molar-refractivity contribution in [3.8, 4) is 0 Å². The van der Waals surface area contributed by atoms with Crippen molar-refractivity contribution in [2.24, 2.45) is 5.92 Å². The Morgan fingerprint density at radius 2 is 1.66 bits per heavy atom. The Kier molecular flexibility index (Phi) is 7.50. The molecular weight excluding hydrogens is 481 g/mol. The maximum absolute atomic E-state index is 13.3. The van der Waals surface area contributed by atoms with Crippen LogP contribution in [-0.4, -0.2) is 53.6 Å². The van der Waals surface area contributed by atoms with Crippen LogP contribution in [0.4, 0.5) is 18.0 Å². The largest absolute Gasteiger partial charge is 0.416 e. The highest BCUT2D eigenvalue weighted by Crippen LogP contribution is 2.35. The van der Waals surface area contributed by atoms with Crippen LogP contribution in [0.1, 0.15) is 53.1 Å². The Bertz CT molecular complexity index is 1090. The molecule has 9 heteroatoms. The average molecular weight is 507 g/mol. The summed E-state index contributed by atoms with van der Waals surface area (Å²) in [5, 5.41) is 0.457. The van der Waals surface area contributed by atoms with Gasteiger partial charge in [-0.2, -0.15) is 13.2 Å². The number of alkyl halides is 3. The van der Waals surface area contributed by atoms with E-state index in [1.807, 2.05) is 0 Å². The molecule has 35 heavy (non-hydrogen) atoms. The molecule has 186 valence electrons. The molecule has 2 fully saturated rings. The van der Waals surface area contributed by atoms with E-state index in [0.29, 0.717) is 61.6 Å². The lowest BCUT2D eigenvalue weighted by Crippen LogP contribution is -2.51. The molecule has 2 aromatic rings. The van der Waals surface area contributed by atoms with E-state index < -0.39 is 11.7 Å². The Hall–Kier alpha value is -2.87. The van der Waals surface area contributed by atoms with Gasteiger partial charge in [0, 0.05) is 61.9 Å². The minimum Gasteiger partial charge on any atom is -0.324 e. The molecule has 0 aliphatic carbocycles. The lowest BCUT2D eigenvalue weighted by Gasteiger charge is -2.41. The van der Waals surface area contributed by atoms with Gasteiger partial charge in [0.15, 0.2) is 5.78 Å². The molecule has 4 rings (SSSR count). The highest BCUT2D eigenvalue weighted by Gasteiger charge is 2.36. The van der Waals surface area contributed by atoms with Crippen molar-refractivity contribution < 1.29 is 27.6 Å².